The summed E-state index contributed by atoms with van der Waals surface area (Å²) in [6.45, 7) is 1.98. The third-order valence-corrected chi connectivity index (χ3v) is 4.90. The number of amides is 1. The van der Waals surface area contributed by atoms with E-state index in [2.05, 4.69) is 10.6 Å². The van der Waals surface area contributed by atoms with E-state index >= 15 is 0 Å². The van der Waals surface area contributed by atoms with E-state index in [1.54, 1.807) is 6.26 Å². The van der Waals surface area contributed by atoms with Crippen molar-refractivity contribution < 1.29 is 9.00 Å². The topological polar surface area (TPSA) is 58.2 Å². The van der Waals surface area contributed by atoms with Gasteiger partial charge in [0.05, 0.1) is 0 Å². The summed E-state index contributed by atoms with van der Waals surface area (Å²) in [4.78, 5) is 12.1. The first-order valence-corrected chi connectivity index (χ1v) is 8.98. The fraction of sp³-hybridized carbons (Fsp3) is 0.929. The smallest absolute Gasteiger partial charge is 0.222 e. The van der Waals surface area contributed by atoms with Crippen LogP contribution in [0.2, 0.25) is 0 Å². The van der Waals surface area contributed by atoms with Gasteiger partial charge in [-0.2, -0.15) is 0 Å². The van der Waals surface area contributed by atoms with E-state index in [1.165, 1.54) is 19.3 Å². The largest absolute Gasteiger partial charge is 0.354 e. The quantitative estimate of drug-likeness (QED) is 0.747. The summed E-state index contributed by atoms with van der Waals surface area (Å²) < 4.78 is 11.0. The maximum atomic E-state index is 12.1. The highest BCUT2D eigenvalue weighted by Crippen LogP contribution is 2.30. The Morgan fingerprint density at radius 3 is 2.47 bits per heavy atom. The highest BCUT2D eigenvalue weighted by Gasteiger charge is 2.32. The molecule has 0 aromatic carbocycles. The van der Waals surface area contributed by atoms with Gasteiger partial charge in [-0.25, -0.2) is 0 Å². The number of nitrogens with one attached hydrogen (secondary N) is 2. The molecule has 1 rings (SSSR count). The molecule has 112 valence electrons. The second kappa shape index (κ2) is 8.00. The number of hydrogen-bond acceptors (Lipinski definition) is 3. The van der Waals surface area contributed by atoms with Crippen LogP contribution in [0.4, 0.5) is 0 Å². The van der Waals surface area contributed by atoms with E-state index in [-0.39, 0.29) is 17.5 Å². The average molecular weight is 288 g/mol. The lowest BCUT2D eigenvalue weighted by atomic mass is 9.79. The Morgan fingerprint density at radius 1 is 1.32 bits per heavy atom. The van der Waals surface area contributed by atoms with Crippen molar-refractivity contribution in [2.24, 2.45) is 0 Å². The molecule has 0 bridgehead atoms. The maximum absolute atomic E-state index is 12.1. The predicted molar refractivity (Wildman–Crippen MR) is 80.6 cm³/mol. The molecule has 2 atom stereocenters. The predicted octanol–water partition coefficient (Wildman–Crippen LogP) is 1.57. The average Bonchev–Trinajstić information content (AvgIpc) is 2.37. The van der Waals surface area contributed by atoms with Gasteiger partial charge in [-0.15, -0.1) is 0 Å². The van der Waals surface area contributed by atoms with Crippen LogP contribution in [0.5, 0.6) is 0 Å². The first-order valence-electron chi connectivity index (χ1n) is 7.26. The Labute approximate surface area is 119 Å². The third-order valence-electron chi connectivity index (χ3n) is 4.09. The van der Waals surface area contributed by atoms with Gasteiger partial charge in [-0.1, -0.05) is 19.3 Å². The molecule has 4 nitrogen and oxygen atoms in total. The lowest BCUT2D eigenvalue weighted by molar-refractivity contribution is -0.123. The summed E-state index contributed by atoms with van der Waals surface area (Å²) in [6, 6.07) is 0.105. The second-order valence-corrected chi connectivity index (χ2v) is 7.36. The van der Waals surface area contributed by atoms with Crippen molar-refractivity contribution in [2.75, 3.05) is 19.1 Å². The van der Waals surface area contributed by atoms with Crippen molar-refractivity contribution in [3.8, 4) is 0 Å². The monoisotopic (exact) mass is 288 g/mol. The molecule has 5 heteroatoms. The van der Waals surface area contributed by atoms with Gasteiger partial charge in [0.1, 0.15) is 0 Å². The fourth-order valence-corrected chi connectivity index (χ4v) is 3.48. The molecule has 0 aromatic rings. The highest BCUT2D eigenvalue weighted by atomic mass is 32.2. The number of carbonyl (C=O) groups is 1. The first kappa shape index (κ1) is 16.6. The van der Waals surface area contributed by atoms with Crippen LogP contribution in [0.3, 0.4) is 0 Å². The maximum Gasteiger partial charge on any atom is 0.222 e. The number of rotatable bonds is 7. The summed E-state index contributed by atoms with van der Waals surface area (Å²) in [5.74, 6) is 0.768. The minimum Gasteiger partial charge on any atom is -0.354 e. The second-order valence-electron chi connectivity index (χ2n) is 5.80. The molecular weight excluding hydrogens is 260 g/mol. The minimum atomic E-state index is -0.781. The summed E-state index contributed by atoms with van der Waals surface area (Å²) >= 11 is 0. The first-order chi connectivity index (χ1) is 8.97. The van der Waals surface area contributed by atoms with Crippen LogP contribution in [0, 0.1) is 0 Å². The van der Waals surface area contributed by atoms with Crippen molar-refractivity contribution in [1.82, 2.24) is 10.6 Å². The summed E-state index contributed by atoms with van der Waals surface area (Å²) in [6.07, 6.45) is 8.91. The Kier molecular flexibility index (Phi) is 7.00. The SMILES string of the molecule is CNC1(CC(=O)NC(C)CCS(C)=O)CCCCC1. The van der Waals surface area contributed by atoms with Gasteiger partial charge in [0, 0.05) is 40.8 Å². The van der Waals surface area contributed by atoms with Gasteiger partial charge < -0.3 is 10.6 Å². The molecule has 1 aliphatic carbocycles. The highest BCUT2D eigenvalue weighted by molar-refractivity contribution is 7.84. The molecule has 0 radical (unpaired) electrons. The molecule has 1 amide bonds. The van der Waals surface area contributed by atoms with Crippen molar-refractivity contribution in [3.63, 3.8) is 0 Å². The Bertz CT molecular complexity index is 315. The van der Waals surface area contributed by atoms with Gasteiger partial charge in [-0.3, -0.25) is 9.00 Å². The molecule has 0 saturated heterocycles. The van der Waals surface area contributed by atoms with Crippen LogP contribution in [0.15, 0.2) is 0 Å². The molecule has 1 fully saturated rings. The lowest BCUT2D eigenvalue weighted by Crippen LogP contribution is -2.49. The molecule has 0 heterocycles. The lowest BCUT2D eigenvalue weighted by Gasteiger charge is -2.37. The van der Waals surface area contributed by atoms with Crippen LogP contribution in [0.1, 0.15) is 51.9 Å². The normalized spacial score (nSPS) is 21.6. The molecule has 0 aliphatic heterocycles. The Morgan fingerprint density at radius 2 is 1.95 bits per heavy atom. The van der Waals surface area contributed by atoms with E-state index in [1.807, 2.05) is 14.0 Å². The summed E-state index contributed by atoms with van der Waals surface area (Å²) in [5, 5.41) is 6.39. The van der Waals surface area contributed by atoms with Crippen LogP contribution in [-0.4, -0.2) is 40.8 Å². The van der Waals surface area contributed by atoms with Crippen LogP contribution >= 0.6 is 0 Å². The molecule has 0 spiro atoms. The van der Waals surface area contributed by atoms with Crippen molar-refractivity contribution >= 4 is 16.7 Å². The zero-order valence-corrected chi connectivity index (χ0v) is 13.3. The van der Waals surface area contributed by atoms with Crippen LogP contribution in [-0.2, 0) is 15.6 Å². The van der Waals surface area contributed by atoms with E-state index in [4.69, 9.17) is 0 Å². The number of carbonyl (C=O) groups excluding carboxylic acids is 1. The summed E-state index contributed by atoms with van der Waals surface area (Å²) in [5.41, 5.74) is -0.00434. The van der Waals surface area contributed by atoms with E-state index in [0.29, 0.717) is 12.2 Å². The van der Waals surface area contributed by atoms with Gasteiger partial charge in [-0.05, 0) is 33.2 Å². The molecule has 19 heavy (non-hydrogen) atoms. The summed E-state index contributed by atoms with van der Waals surface area (Å²) in [7, 11) is 1.18. The minimum absolute atomic E-state index is 0.00434. The molecular formula is C14H28N2O2S. The molecule has 2 unspecified atom stereocenters. The van der Waals surface area contributed by atoms with E-state index in [0.717, 1.165) is 19.3 Å². The third kappa shape index (κ3) is 6.04. The molecule has 1 aliphatic rings. The zero-order chi connectivity index (χ0) is 14.3. The Balaban J connectivity index is 2.38. The van der Waals surface area contributed by atoms with E-state index in [9.17, 15) is 9.00 Å². The molecule has 0 aromatic heterocycles. The van der Waals surface area contributed by atoms with Crippen molar-refractivity contribution in [2.45, 2.75) is 63.5 Å². The molecule has 1 saturated carbocycles. The van der Waals surface area contributed by atoms with Crippen molar-refractivity contribution in [1.29, 1.82) is 0 Å². The Hall–Kier alpha value is -0.420. The molecule has 2 N–H and O–H groups in total. The van der Waals surface area contributed by atoms with Gasteiger partial charge >= 0.3 is 0 Å². The van der Waals surface area contributed by atoms with Gasteiger partial charge in [0.25, 0.3) is 0 Å². The van der Waals surface area contributed by atoms with Gasteiger partial charge in [0.2, 0.25) is 5.91 Å². The van der Waals surface area contributed by atoms with Crippen LogP contribution < -0.4 is 10.6 Å². The van der Waals surface area contributed by atoms with Gasteiger partial charge in [0.15, 0.2) is 0 Å². The van der Waals surface area contributed by atoms with Crippen LogP contribution in [0.25, 0.3) is 0 Å². The van der Waals surface area contributed by atoms with Crippen molar-refractivity contribution in [3.05, 3.63) is 0 Å². The van der Waals surface area contributed by atoms with E-state index < -0.39 is 10.8 Å². The fourth-order valence-electron chi connectivity index (χ4n) is 2.79. The standard InChI is InChI=1S/C14H28N2O2S/c1-12(7-10-19(3)18)16-13(17)11-14(15-2)8-5-4-6-9-14/h12,15H,4-11H2,1-3H3,(H,16,17). The number of hydrogen-bond donors (Lipinski definition) is 2. The zero-order valence-electron chi connectivity index (χ0n) is 12.5.